The topological polar surface area (TPSA) is 89.8 Å². The average Bonchev–Trinajstić information content (AvgIpc) is 3.34. The van der Waals surface area contributed by atoms with Crippen molar-refractivity contribution in [3.8, 4) is 5.69 Å². The number of methoxy groups -OCH3 is 1. The van der Waals surface area contributed by atoms with Crippen molar-refractivity contribution in [2.45, 2.75) is 17.7 Å². The van der Waals surface area contributed by atoms with Gasteiger partial charge in [0.25, 0.3) is 0 Å². The van der Waals surface area contributed by atoms with E-state index in [0.29, 0.717) is 45.8 Å². The highest BCUT2D eigenvalue weighted by molar-refractivity contribution is 7.89. The van der Waals surface area contributed by atoms with E-state index in [-0.39, 0.29) is 10.7 Å². The number of benzene rings is 1. The van der Waals surface area contributed by atoms with Gasteiger partial charge in [0.2, 0.25) is 10.0 Å². The minimum absolute atomic E-state index is 0.190. The van der Waals surface area contributed by atoms with Gasteiger partial charge in [-0.25, -0.2) is 22.5 Å². The highest BCUT2D eigenvalue weighted by atomic mass is 32.2. The van der Waals surface area contributed by atoms with Gasteiger partial charge in [0.05, 0.1) is 37.4 Å². The molecule has 1 aromatic carbocycles. The molecule has 1 atom stereocenters. The standard InChI is InChI=1S/C27H30FN5O4S/c1-36-19-27-15-20-16-30-33(23-4-2-22(28)3-5-23)25(20)14-21(27)8-9-32(18-27)38(34,35)24-6-7-26(29-17-24)31-10-12-37-13-11-31/h2-7,14,16-17H,8-13,15,18-19H2,1H3. The van der Waals surface area contributed by atoms with Crippen molar-refractivity contribution in [3.05, 3.63) is 71.4 Å². The first-order chi connectivity index (χ1) is 18.4. The number of ether oxygens (including phenoxy) is 2. The molecule has 9 nitrogen and oxygen atoms in total. The summed E-state index contributed by atoms with van der Waals surface area (Å²) in [7, 11) is -2.10. The highest BCUT2D eigenvalue weighted by Gasteiger charge is 2.46. The van der Waals surface area contributed by atoms with E-state index >= 15 is 0 Å². The SMILES string of the molecule is COCC12Cc3cnn(-c4ccc(F)cc4)c3C=C1CCN(S(=O)(=O)c1ccc(N3CCOCC3)nc1)C2. The number of rotatable bonds is 6. The number of hydrogen-bond acceptors (Lipinski definition) is 7. The van der Waals surface area contributed by atoms with Crippen LogP contribution in [0.4, 0.5) is 10.2 Å². The van der Waals surface area contributed by atoms with E-state index in [1.165, 1.54) is 18.3 Å². The minimum atomic E-state index is -3.75. The number of sulfonamides is 1. The molecular weight excluding hydrogens is 509 g/mol. The van der Waals surface area contributed by atoms with Crippen molar-refractivity contribution in [3.63, 3.8) is 0 Å². The van der Waals surface area contributed by atoms with Gasteiger partial charge in [-0.3, -0.25) is 0 Å². The quantitative estimate of drug-likeness (QED) is 0.476. The molecule has 0 bridgehead atoms. The third-order valence-corrected chi connectivity index (χ3v) is 9.53. The van der Waals surface area contributed by atoms with E-state index in [1.54, 1.807) is 35.7 Å². The summed E-state index contributed by atoms with van der Waals surface area (Å²) in [5, 5.41) is 4.57. The fourth-order valence-electron chi connectivity index (χ4n) is 5.75. The molecule has 0 N–H and O–H groups in total. The van der Waals surface area contributed by atoms with E-state index in [4.69, 9.17) is 9.47 Å². The second-order valence-electron chi connectivity index (χ2n) is 10.0. The van der Waals surface area contributed by atoms with Crippen LogP contribution in [0, 0.1) is 11.2 Å². The van der Waals surface area contributed by atoms with Crippen LogP contribution in [-0.2, 0) is 25.9 Å². The number of pyridine rings is 1. The highest BCUT2D eigenvalue weighted by Crippen LogP contribution is 2.45. The molecule has 0 spiro atoms. The molecule has 200 valence electrons. The normalized spacial score (nSPS) is 22.1. The summed E-state index contributed by atoms with van der Waals surface area (Å²) < 4.78 is 55.3. The van der Waals surface area contributed by atoms with Crippen LogP contribution in [0.25, 0.3) is 11.8 Å². The fourth-order valence-corrected chi connectivity index (χ4v) is 7.22. The Morgan fingerprint density at radius 3 is 2.58 bits per heavy atom. The monoisotopic (exact) mass is 539 g/mol. The Morgan fingerprint density at radius 2 is 1.87 bits per heavy atom. The lowest BCUT2D eigenvalue weighted by molar-refractivity contribution is 0.0733. The van der Waals surface area contributed by atoms with Crippen molar-refractivity contribution in [2.24, 2.45) is 5.41 Å². The molecule has 0 radical (unpaired) electrons. The van der Waals surface area contributed by atoms with Gasteiger partial charge >= 0.3 is 0 Å². The van der Waals surface area contributed by atoms with Crippen LogP contribution in [0.2, 0.25) is 0 Å². The number of halogens is 1. The molecule has 2 fully saturated rings. The lowest BCUT2D eigenvalue weighted by Crippen LogP contribution is -2.51. The van der Waals surface area contributed by atoms with E-state index < -0.39 is 15.4 Å². The summed E-state index contributed by atoms with van der Waals surface area (Å²) in [6.45, 7) is 3.81. The first kappa shape index (κ1) is 25.2. The van der Waals surface area contributed by atoms with Gasteiger partial charge in [0.1, 0.15) is 16.5 Å². The number of aromatic nitrogens is 3. The molecule has 38 heavy (non-hydrogen) atoms. The molecule has 2 saturated heterocycles. The molecule has 4 heterocycles. The summed E-state index contributed by atoms with van der Waals surface area (Å²) in [4.78, 5) is 6.74. The number of anilines is 1. The number of hydrogen-bond donors (Lipinski definition) is 0. The Bertz CT molecular complexity index is 1450. The number of nitrogens with zero attached hydrogens (tertiary/aromatic N) is 5. The first-order valence-corrected chi connectivity index (χ1v) is 14.2. The van der Waals surface area contributed by atoms with Crippen LogP contribution in [0.3, 0.4) is 0 Å². The number of piperidine rings is 1. The summed E-state index contributed by atoms with van der Waals surface area (Å²) in [6.07, 6.45) is 6.56. The van der Waals surface area contributed by atoms with Crippen molar-refractivity contribution in [1.29, 1.82) is 0 Å². The van der Waals surface area contributed by atoms with Crippen LogP contribution in [0.1, 0.15) is 17.7 Å². The Hall–Kier alpha value is -3.12. The third-order valence-electron chi connectivity index (χ3n) is 7.70. The van der Waals surface area contributed by atoms with Crippen molar-refractivity contribution in [1.82, 2.24) is 19.1 Å². The first-order valence-electron chi connectivity index (χ1n) is 12.7. The summed E-state index contributed by atoms with van der Waals surface area (Å²) in [5.74, 6) is 0.455. The Labute approximate surface area is 221 Å². The third kappa shape index (κ3) is 4.43. The largest absolute Gasteiger partial charge is 0.384 e. The molecule has 1 unspecified atom stereocenters. The van der Waals surface area contributed by atoms with Gasteiger partial charge in [0.15, 0.2) is 0 Å². The van der Waals surface area contributed by atoms with Gasteiger partial charge in [-0.05, 0) is 60.9 Å². The summed E-state index contributed by atoms with van der Waals surface area (Å²) in [5.41, 5.74) is 3.37. The zero-order chi connectivity index (χ0) is 26.3. The van der Waals surface area contributed by atoms with Crippen LogP contribution in [0.5, 0.6) is 0 Å². The van der Waals surface area contributed by atoms with Crippen molar-refractivity contribution >= 4 is 21.9 Å². The zero-order valence-corrected chi connectivity index (χ0v) is 22.0. The maximum Gasteiger partial charge on any atom is 0.244 e. The molecule has 1 aliphatic carbocycles. The summed E-state index contributed by atoms with van der Waals surface area (Å²) in [6, 6.07) is 9.65. The van der Waals surface area contributed by atoms with Gasteiger partial charge < -0.3 is 14.4 Å². The van der Waals surface area contributed by atoms with Gasteiger partial charge in [-0.15, -0.1) is 0 Å². The van der Waals surface area contributed by atoms with Crippen LogP contribution in [-0.4, -0.2) is 80.6 Å². The Morgan fingerprint density at radius 1 is 1.08 bits per heavy atom. The van der Waals surface area contributed by atoms with E-state index in [9.17, 15) is 12.8 Å². The van der Waals surface area contributed by atoms with Crippen molar-refractivity contribution < 1.29 is 22.3 Å². The smallest absolute Gasteiger partial charge is 0.244 e. The predicted molar refractivity (Wildman–Crippen MR) is 140 cm³/mol. The van der Waals surface area contributed by atoms with Crippen LogP contribution < -0.4 is 4.90 Å². The maximum absolute atomic E-state index is 13.7. The second-order valence-corrected chi connectivity index (χ2v) is 12.0. The molecule has 2 aliphatic heterocycles. The lowest BCUT2D eigenvalue weighted by atomic mass is 9.69. The molecule has 0 saturated carbocycles. The van der Waals surface area contributed by atoms with Gasteiger partial charge in [0, 0.05) is 44.9 Å². The maximum atomic E-state index is 13.7. The number of fused-ring (bicyclic) bond motifs is 2. The second kappa shape index (κ2) is 9.88. The summed E-state index contributed by atoms with van der Waals surface area (Å²) >= 11 is 0. The van der Waals surface area contributed by atoms with E-state index in [0.717, 1.165) is 41.4 Å². The molecule has 3 aromatic rings. The Kier molecular flexibility index (Phi) is 6.55. The molecule has 11 heteroatoms. The zero-order valence-electron chi connectivity index (χ0n) is 21.2. The molecule has 2 aromatic heterocycles. The van der Waals surface area contributed by atoms with Crippen LogP contribution >= 0.6 is 0 Å². The van der Waals surface area contributed by atoms with E-state index in [2.05, 4.69) is 21.1 Å². The lowest BCUT2D eigenvalue weighted by Gasteiger charge is -2.45. The van der Waals surface area contributed by atoms with Crippen LogP contribution in [0.15, 0.2) is 59.3 Å². The minimum Gasteiger partial charge on any atom is -0.384 e. The molecule has 6 rings (SSSR count). The molecular formula is C27H30FN5O4S. The average molecular weight is 540 g/mol. The van der Waals surface area contributed by atoms with E-state index in [1.807, 2.05) is 10.9 Å². The van der Waals surface area contributed by atoms with Gasteiger partial charge in [-0.1, -0.05) is 5.57 Å². The van der Waals surface area contributed by atoms with Crippen molar-refractivity contribution in [2.75, 3.05) is 58.0 Å². The molecule has 3 aliphatic rings. The Balaban J connectivity index is 1.27. The number of morpholine rings is 1. The predicted octanol–water partition coefficient (Wildman–Crippen LogP) is 2.91. The fraction of sp³-hybridized carbons (Fsp3) is 0.407. The van der Waals surface area contributed by atoms with Gasteiger partial charge in [-0.2, -0.15) is 9.40 Å². The molecule has 0 amide bonds.